The monoisotopic (exact) mass is 866 g/mol. The maximum atomic E-state index is 13.3. The van der Waals surface area contributed by atoms with Gasteiger partial charge in [0.25, 0.3) is 5.91 Å². The zero-order valence-corrected chi connectivity index (χ0v) is 36.3. The van der Waals surface area contributed by atoms with Gasteiger partial charge in [0.15, 0.2) is 17.0 Å². The van der Waals surface area contributed by atoms with E-state index in [-0.39, 0.29) is 24.4 Å². The number of nitrogens with one attached hydrogen (secondary N) is 1. The van der Waals surface area contributed by atoms with Crippen molar-refractivity contribution in [1.82, 2.24) is 24.4 Å². The molecule has 1 aliphatic heterocycles. The van der Waals surface area contributed by atoms with Crippen LogP contribution in [0.15, 0.2) is 183 Å². The molecular weight excluding hydrogens is 817 g/mol. The number of anilines is 1. The van der Waals surface area contributed by atoms with Crippen molar-refractivity contribution < 1.29 is 28.8 Å². The van der Waals surface area contributed by atoms with E-state index in [1.165, 1.54) is 6.33 Å². The highest BCUT2D eigenvalue weighted by Crippen LogP contribution is 2.45. The first-order valence-electron chi connectivity index (χ1n) is 21.5. The van der Waals surface area contributed by atoms with Crippen molar-refractivity contribution in [3.05, 3.63) is 216 Å². The highest BCUT2D eigenvalue weighted by Gasteiger charge is 2.49. The van der Waals surface area contributed by atoms with Gasteiger partial charge in [0.2, 0.25) is 0 Å². The van der Waals surface area contributed by atoms with Gasteiger partial charge in [-0.05, 0) is 64.2 Å². The molecule has 0 spiro atoms. The number of piperidine rings is 1. The number of hydrogen-bond donors (Lipinski definition) is 2. The minimum atomic E-state index is -1.16. The zero-order valence-electron chi connectivity index (χ0n) is 36.3. The quantitative estimate of drug-likeness (QED) is 0.0968. The summed E-state index contributed by atoms with van der Waals surface area (Å²) in [4.78, 5) is 29.5. The number of aromatic nitrogens is 4. The number of carbonyl (C=O) groups excluding carboxylic acids is 1. The van der Waals surface area contributed by atoms with E-state index in [0.29, 0.717) is 34.8 Å². The first-order valence-corrected chi connectivity index (χ1v) is 21.5. The molecule has 1 fully saturated rings. The fourth-order valence-electron chi connectivity index (χ4n) is 9.22. The molecular formula is C53H50N6O6. The van der Waals surface area contributed by atoms with Crippen molar-refractivity contribution in [2.75, 3.05) is 39.8 Å². The average Bonchev–Trinajstić information content (AvgIpc) is 3.81. The van der Waals surface area contributed by atoms with Crippen molar-refractivity contribution in [1.29, 1.82) is 0 Å². The van der Waals surface area contributed by atoms with E-state index >= 15 is 0 Å². The van der Waals surface area contributed by atoms with Crippen LogP contribution in [0, 0.1) is 0 Å². The molecule has 1 amide bonds. The number of nitrogens with zero attached hydrogens (tertiary/aromatic N) is 5. The molecule has 0 saturated carbocycles. The smallest absolute Gasteiger partial charge is 0.256 e. The third-order valence-corrected chi connectivity index (χ3v) is 12.4. The summed E-state index contributed by atoms with van der Waals surface area (Å²) in [6.07, 6.45) is 1.23. The molecule has 0 bridgehead atoms. The SMILES string of the molecule is COc1ccc(C(OC[C@@H]2[C@@H](O)[C@H](OC)[C@H](n3cnc4c(NC(=O)c5ccccc5)ncnc43)CN2C(c2ccccc2)c2ccccc2)(c2ccccc2)c2ccc(OC)cc2)cc1. The molecule has 1 aliphatic rings. The van der Waals surface area contributed by atoms with Crippen molar-refractivity contribution in [3.63, 3.8) is 0 Å². The molecule has 12 heteroatoms. The van der Waals surface area contributed by atoms with E-state index in [1.54, 1.807) is 51.9 Å². The molecule has 3 heterocycles. The fourth-order valence-corrected chi connectivity index (χ4v) is 9.22. The van der Waals surface area contributed by atoms with Gasteiger partial charge in [-0.1, -0.05) is 133 Å². The summed E-state index contributed by atoms with van der Waals surface area (Å²) >= 11 is 0. The standard InChI is InChI=1S/C53H50N6O6/c1-62-42-28-24-40(25-29-42)53(39-22-14-7-15-23-39,41-26-30-43(63-2)31-27-41)65-33-45-48(60)49(64-3)44(32-58(45)47(36-16-8-4-9-17-36)37-18-10-5-11-19-37)59-35-56-46-50(54-34-55-51(46)59)57-52(61)38-20-12-6-13-21-38/h4-31,34-35,44-45,47-49,60H,32-33H2,1-3H3,(H,54,55,57,61)/t44-,45-,48-,49-/m1/s1. The van der Waals surface area contributed by atoms with Crippen molar-refractivity contribution >= 4 is 22.9 Å². The summed E-state index contributed by atoms with van der Waals surface area (Å²) in [7, 11) is 4.91. The number of aliphatic hydroxyl groups is 1. The second-order valence-electron chi connectivity index (χ2n) is 15.9. The number of carbonyl (C=O) groups is 1. The Morgan fingerprint density at radius 1 is 0.692 bits per heavy atom. The van der Waals surface area contributed by atoms with Crippen LogP contribution in [0.25, 0.3) is 11.2 Å². The predicted octanol–water partition coefficient (Wildman–Crippen LogP) is 8.50. The second kappa shape index (κ2) is 19.3. The summed E-state index contributed by atoms with van der Waals surface area (Å²) < 4.78 is 27.0. The van der Waals surface area contributed by atoms with Gasteiger partial charge >= 0.3 is 0 Å². The highest BCUT2D eigenvalue weighted by molar-refractivity contribution is 6.06. The Morgan fingerprint density at radius 2 is 1.22 bits per heavy atom. The first-order chi connectivity index (χ1) is 31.9. The summed E-state index contributed by atoms with van der Waals surface area (Å²) in [5.74, 6) is 1.38. The lowest BCUT2D eigenvalue weighted by molar-refractivity contribution is -0.150. The lowest BCUT2D eigenvalue weighted by Crippen LogP contribution is -2.62. The minimum Gasteiger partial charge on any atom is -0.497 e. The number of hydrogen-bond acceptors (Lipinski definition) is 10. The molecule has 2 N–H and O–H groups in total. The number of amides is 1. The van der Waals surface area contributed by atoms with E-state index in [9.17, 15) is 9.90 Å². The molecule has 8 aromatic rings. The molecule has 328 valence electrons. The molecule has 1 saturated heterocycles. The molecule has 4 atom stereocenters. The maximum Gasteiger partial charge on any atom is 0.256 e. The van der Waals surface area contributed by atoms with Crippen LogP contribution in [-0.4, -0.2) is 88.2 Å². The number of likely N-dealkylation sites (tertiary alicyclic amines) is 1. The third-order valence-electron chi connectivity index (χ3n) is 12.4. The highest BCUT2D eigenvalue weighted by atomic mass is 16.5. The molecule has 2 aromatic heterocycles. The molecule has 12 nitrogen and oxygen atoms in total. The summed E-state index contributed by atoms with van der Waals surface area (Å²) in [6, 6.07) is 54.0. The molecule has 0 aliphatic carbocycles. The number of benzene rings is 6. The van der Waals surface area contributed by atoms with Crippen LogP contribution in [0.3, 0.4) is 0 Å². The fraction of sp³-hybridized carbons (Fsp3) is 0.208. The van der Waals surface area contributed by atoms with Gasteiger partial charge < -0.3 is 33.9 Å². The van der Waals surface area contributed by atoms with Crippen LogP contribution < -0.4 is 14.8 Å². The van der Waals surface area contributed by atoms with Gasteiger partial charge in [-0.2, -0.15) is 0 Å². The lowest BCUT2D eigenvalue weighted by Gasteiger charge is -2.51. The van der Waals surface area contributed by atoms with E-state index in [2.05, 4.69) is 56.6 Å². The molecule has 65 heavy (non-hydrogen) atoms. The Kier molecular flexibility index (Phi) is 12.8. The van der Waals surface area contributed by atoms with Gasteiger partial charge in [0.05, 0.1) is 51.4 Å². The Morgan fingerprint density at radius 3 is 1.75 bits per heavy atom. The van der Waals surface area contributed by atoms with Crippen LogP contribution >= 0.6 is 0 Å². The van der Waals surface area contributed by atoms with Crippen molar-refractivity contribution in [3.8, 4) is 11.5 Å². The van der Waals surface area contributed by atoms with Gasteiger partial charge in [0.1, 0.15) is 29.5 Å². The molecule has 0 radical (unpaired) electrons. The average molecular weight is 867 g/mol. The number of ether oxygens (including phenoxy) is 4. The van der Waals surface area contributed by atoms with Gasteiger partial charge in [-0.25, -0.2) is 15.0 Å². The van der Waals surface area contributed by atoms with Gasteiger partial charge in [-0.3, -0.25) is 9.69 Å². The number of imidazole rings is 1. The number of fused-ring (bicyclic) bond motifs is 1. The summed E-state index contributed by atoms with van der Waals surface area (Å²) in [5.41, 5.74) is 4.93. The second-order valence-corrected chi connectivity index (χ2v) is 15.9. The molecule has 9 rings (SSSR count). The molecule has 6 aromatic carbocycles. The lowest BCUT2D eigenvalue weighted by atomic mass is 9.79. The number of aliphatic hydroxyl groups excluding tert-OH is 1. The maximum absolute atomic E-state index is 13.3. The van der Waals surface area contributed by atoms with E-state index in [4.69, 9.17) is 23.9 Å². The minimum absolute atomic E-state index is 0.0688. The van der Waals surface area contributed by atoms with Crippen LogP contribution in [-0.2, 0) is 15.1 Å². The van der Waals surface area contributed by atoms with Crippen LogP contribution in [0.5, 0.6) is 11.5 Å². The Hall–Kier alpha value is -7.22. The Bertz CT molecular complexity index is 2710. The van der Waals surface area contributed by atoms with Crippen molar-refractivity contribution in [2.24, 2.45) is 0 Å². The Labute approximate surface area is 378 Å². The number of rotatable bonds is 15. The summed E-state index contributed by atoms with van der Waals surface area (Å²) in [5, 5.41) is 15.9. The van der Waals surface area contributed by atoms with Crippen molar-refractivity contribution in [2.45, 2.75) is 35.9 Å². The van der Waals surface area contributed by atoms with Crippen LogP contribution in [0.1, 0.15) is 50.3 Å². The van der Waals surface area contributed by atoms with E-state index in [0.717, 1.165) is 27.8 Å². The van der Waals surface area contributed by atoms with Gasteiger partial charge in [0, 0.05) is 19.2 Å². The van der Waals surface area contributed by atoms with E-state index in [1.807, 2.05) is 114 Å². The van der Waals surface area contributed by atoms with Crippen LogP contribution in [0.4, 0.5) is 5.82 Å². The third kappa shape index (κ3) is 8.48. The largest absolute Gasteiger partial charge is 0.497 e. The first kappa shape index (κ1) is 43.1. The predicted molar refractivity (Wildman–Crippen MR) is 249 cm³/mol. The topological polar surface area (TPSA) is 133 Å². The van der Waals surface area contributed by atoms with E-state index < -0.39 is 29.9 Å². The summed E-state index contributed by atoms with van der Waals surface area (Å²) in [6.45, 7) is 0.446. The zero-order chi connectivity index (χ0) is 44.8. The van der Waals surface area contributed by atoms with Crippen LogP contribution in [0.2, 0.25) is 0 Å². The Balaban J connectivity index is 1.17. The number of methoxy groups -OCH3 is 3. The van der Waals surface area contributed by atoms with Gasteiger partial charge in [-0.15, -0.1) is 0 Å². The molecule has 0 unspecified atom stereocenters. The normalized spacial score (nSPS) is 17.8.